The average molecular weight is 366 g/mol. The third-order valence-corrected chi connectivity index (χ3v) is 3.98. The standard InChI is InChI=1S/C19H18N4O4/c1-13-19(14(2)22(21-13)15-8-4-3-5-9-15)20-18(24)12-27-17-11-7-6-10-16(17)23(25)26/h3-11H,12H2,1-2H3,(H,20,24). The average Bonchev–Trinajstić information content (AvgIpc) is 2.95. The number of aromatic nitrogens is 2. The smallest absolute Gasteiger partial charge is 0.310 e. The second kappa shape index (κ2) is 7.69. The molecule has 1 N–H and O–H groups in total. The molecule has 0 saturated carbocycles. The van der Waals surface area contributed by atoms with Gasteiger partial charge in [-0.1, -0.05) is 30.3 Å². The third kappa shape index (κ3) is 3.95. The Morgan fingerprint density at radius 3 is 2.52 bits per heavy atom. The fraction of sp³-hybridized carbons (Fsp3) is 0.158. The Labute approximate surface area is 155 Å². The number of amides is 1. The van der Waals surface area contributed by atoms with E-state index in [9.17, 15) is 14.9 Å². The minimum atomic E-state index is -0.550. The molecule has 0 atom stereocenters. The molecular formula is C19H18N4O4. The third-order valence-electron chi connectivity index (χ3n) is 3.98. The number of carbonyl (C=O) groups is 1. The SMILES string of the molecule is Cc1nn(-c2ccccc2)c(C)c1NC(=O)COc1ccccc1[N+](=O)[O-]. The number of carbonyl (C=O) groups excluding carboxylic acids is 1. The summed E-state index contributed by atoms with van der Waals surface area (Å²) in [5, 5.41) is 18.2. The first-order chi connectivity index (χ1) is 13.0. The number of nitro groups is 1. The molecular weight excluding hydrogens is 348 g/mol. The highest BCUT2D eigenvalue weighted by molar-refractivity contribution is 5.93. The minimum Gasteiger partial charge on any atom is -0.477 e. The van der Waals surface area contributed by atoms with Crippen LogP contribution in [0.1, 0.15) is 11.4 Å². The van der Waals surface area contributed by atoms with Gasteiger partial charge in [-0.3, -0.25) is 14.9 Å². The Morgan fingerprint density at radius 1 is 1.15 bits per heavy atom. The van der Waals surface area contributed by atoms with Crippen molar-refractivity contribution in [3.63, 3.8) is 0 Å². The molecule has 138 valence electrons. The van der Waals surface area contributed by atoms with Gasteiger partial charge in [0.25, 0.3) is 5.91 Å². The molecule has 0 bridgehead atoms. The fourth-order valence-electron chi connectivity index (χ4n) is 2.69. The molecule has 0 radical (unpaired) electrons. The van der Waals surface area contributed by atoms with Crippen LogP contribution in [0.4, 0.5) is 11.4 Å². The second-order valence-corrected chi connectivity index (χ2v) is 5.85. The highest BCUT2D eigenvalue weighted by Crippen LogP contribution is 2.26. The Morgan fingerprint density at radius 2 is 1.81 bits per heavy atom. The van der Waals surface area contributed by atoms with Crippen molar-refractivity contribution in [3.8, 4) is 11.4 Å². The zero-order valence-corrected chi connectivity index (χ0v) is 14.9. The molecule has 1 aromatic heterocycles. The lowest BCUT2D eigenvalue weighted by molar-refractivity contribution is -0.385. The molecule has 0 spiro atoms. The molecule has 27 heavy (non-hydrogen) atoms. The number of nitrogens with one attached hydrogen (secondary N) is 1. The van der Waals surface area contributed by atoms with E-state index in [1.165, 1.54) is 18.2 Å². The minimum absolute atomic E-state index is 0.0473. The molecule has 0 fully saturated rings. The number of para-hydroxylation sites is 3. The van der Waals surface area contributed by atoms with Crippen molar-refractivity contribution in [1.29, 1.82) is 0 Å². The Balaban J connectivity index is 1.72. The second-order valence-electron chi connectivity index (χ2n) is 5.85. The molecule has 0 saturated heterocycles. The van der Waals surface area contributed by atoms with Gasteiger partial charge in [0.2, 0.25) is 0 Å². The molecule has 0 aliphatic heterocycles. The van der Waals surface area contributed by atoms with E-state index in [0.29, 0.717) is 11.4 Å². The van der Waals surface area contributed by atoms with E-state index in [0.717, 1.165) is 11.4 Å². The van der Waals surface area contributed by atoms with Crippen LogP contribution in [0.3, 0.4) is 0 Å². The largest absolute Gasteiger partial charge is 0.477 e. The lowest BCUT2D eigenvalue weighted by atomic mass is 10.3. The summed E-state index contributed by atoms with van der Waals surface area (Å²) in [6.45, 7) is 3.30. The maximum atomic E-state index is 12.3. The van der Waals surface area contributed by atoms with E-state index in [2.05, 4.69) is 10.4 Å². The van der Waals surface area contributed by atoms with Crippen LogP contribution in [0.15, 0.2) is 54.6 Å². The first-order valence-electron chi connectivity index (χ1n) is 8.25. The quantitative estimate of drug-likeness (QED) is 0.532. The van der Waals surface area contributed by atoms with Crippen LogP contribution in [0, 0.1) is 24.0 Å². The van der Waals surface area contributed by atoms with Crippen molar-refractivity contribution in [2.24, 2.45) is 0 Å². The van der Waals surface area contributed by atoms with E-state index >= 15 is 0 Å². The summed E-state index contributed by atoms with van der Waals surface area (Å²) in [7, 11) is 0. The summed E-state index contributed by atoms with van der Waals surface area (Å²) in [6.07, 6.45) is 0. The summed E-state index contributed by atoms with van der Waals surface area (Å²) in [4.78, 5) is 22.7. The van der Waals surface area contributed by atoms with Gasteiger partial charge >= 0.3 is 5.69 Å². The first-order valence-corrected chi connectivity index (χ1v) is 8.25. The normalized spacial score (nSPS) is 10.4. The molecule has 0 unspecified atom stereocenters. The molecule has 8 heteroatoms. The van der Waals surface area contributed by atoms with Crippen LogP contribution in [0.5, 0.6) is 5.75 Å². The van der Waals surface area contributed by atoms with Crippen molar-refractivity contribution in [1.82, 2.24) is 9.78 Å². The first kappa shape index (κ1) is 18.1. The molecule has 2 aromatic carbocycles. The molecule has 0 aliphatic rings. The summed E-state index contributed by atoms with van der Waals surface area (Å²) >= 11 is 0. The highest BCUT2D eigenvalue weighted by Gasteiger charge is 2.18. The zero-order chi connectivity index (χ0) is 19.4. The number of rotatable bonds is 6. The Bertz CT molecular complexity index is 983. The van der Waals surface area contributed by atoms with Crippen molar-refractivity contribution in [2.45, 2.75) is 13.8 Å². The van der Waals surface area contributed by atoms with Crippen molar-refractivity contribution in [3.05, 3.63) is 76.1 Å². The number of hydrogen-bond acceptors (Lipinski definition) is 5. The van der Waals surface area contributed by atoms with Gasteiger partial charge in [0.1, 0.15) is 0 Å². The van der Waals surface area contributed by atoms with Gasteiger partial charge in [-0.25, -0.2) is 4.68 Å². The predicted octanol–water partition coefficient (Wildman–Crippen LogP) is 3.41. The molecule has 3 aromatic rings. The predicted molar refractivity (Wildman–Crippen MR) is 100 cm³/mol. The van der Waals surface area contributed by atoms with Crippen molar-refractivity contribution in [2.75, 3.05) is 11.9 Å². The Hall–Kier alpha value is -3.68. The van der Waals surface area contributed by atoms with Crippen molar-refractivity contribution >= 4 is 17.3 Å². The van der Waals surface area contributed by atoms with Crippen LogP contribution < -0.4 is 10.1 Å². The van der Waals surface area contributed by atoms with E-state index in [4.69, 9.17) is 4.74 Å². The van der Waals surface area contributed by atoms with Crippen LogP contribution >= 0.6 is 0 Å². The summed E-state index contributed by atoms with van der Waals surface area (Å²) < 4.78 is 7.07. The van der Waals surface area contributed by atoms with Crippen LogP contribution in [0.2, 0.25) is 0 Å². The summed E-state index contributed by atoms with van der Waals surface area (Å²) in [6, 6.07) is 15.5. The molecule has 1 amide bonds. The lowest BCUT2D eigenvalue weighted by Gasteiger charge is -2.09. The maximum Gasteiger partial charge on any atom is 0.310 e. The van der Waals surface area contributed by atoms with Gasteiger partial charge in [0.15, 0.2) is 12.4 Å². The molecule has 3 rings (SSSR count). The van der Waals surface area contributed by atoms with Crippen molar-refractivity contribution < 1.29 is 14.5 Å². The van der Waals surface area contributed by atoms with Crippen LogP contribution in [0.25, 0.3) is 5.69 Å². The van der Waals surface area contributed by atoms with Gasteiger partial charge < -0.3 is 10.1 Å². The van der Waals surface area contributed by atoms with E-state index < -0.39 is 10.8 Å². The van der Waals surface area contributed by atoms with Gasteiger partial charge in [0, 0.05) is 6.07 Å². The van der Waals surface area contributed by atoms with E-state index in [1.54, 1.807) is 17.7 Å². The van der Waals surface area contributed by atoms with Gasteiger partial charge in [-0.2, -0.15) is 5.10 Å². The fourth-order valence-corrected chi connectivity index (χ4v) is 2.69. The van der Waals surface area contributed by atoms with Gasteiger partial charge in [-0.05, 0) is 32.0 Å². The number of nitrogens with zero attached hydrogens (tertiary/aromatic N) is 3. The number of aryl methyl sites for hydroxylation is 1. The number of benzene rings is 2. The number of nitro benzene ring substituents is 1. The number of anilines is 1. The lowest BCUT2D eigenvalue weighted by Crippen LogP contribution is -2.21. The zero-order valence-electron chi connectivity index (χ0n) is 14.9. The van der Waals surface area contributed by atoms with E-state index in [1.807, 2.05) is 37.3 Å². The Kier molecular flexibility index (Phi) is 5.16. The molecule has 1 heterocycles. The topological polar surface area (TPSA) is 99.3 Å². The number of ether oxygens (including phenoxy) is 1. The molecule has 0 aliphatic carbocycles. The number of hydrogen-bond donors (Lipinski definition) is 1. The van der Waals surface area contributed by atoms with Gasteiger partial charge in [-0.15, -0.1) is 0 Å². The highest BCUT2D eigenvalue weighted by atomic mass is 16.6. The monoisotopic (exact) mass is 366 g/mol. The van der Waals surface area contributed by atoms with Gasteiger partial charge in [0.05, 0.1) is 27.7 Å². The summed E-state index contributed by atoms with van der Waals surface area (Å²) in [5.41, 5.74) is 2.73. The maximum absolute atomic E-state index is 12.3. The molecule has 8 nitrogen and oxygen atoms in total. The van der Waals surface area contributed by atoms with E-state index in [-0.39, 0.29) is 18.0 Å². The summed E-state index contributed by atoms with van der Waals surface area (Å²) in [5.74, 6) is -0.377. The van der Waals surface area contributed by atoms with Crippen LogP contribution in [-0.4, -0.2) is 27.2 Å². The van der Waals surface area contributed by atoms with Crippen LogP contribution in [-0.2, 0) is 4.79 Å².